The first-order valence-electron chi connectivity index (χ1n) is 11.0. The van der Waals surface area contributed by atoms with Gasteiger partial charge in [-0.2, -0.15) is 0 Å². The molecule has 0 spiro atoms. The predicted molar refractivity (Wildman–Crippen MR) is 130 cm³/mol. The fraction of sp³-hybridized carbons (Fsp3) is 0.296. The van der Waals surface area contributed by atoms with E-state index in [1.54, 1.807) is 13.2 Å². The average Bonchev–Trinajstić information content (AvgIpc) is 2.81. The first-order chi connectivity index (χ1) is 15.5. The van der Waals surface area contributed by atoms with Crippen LogP contribution in [0.15, 0.2) is 66.7 Å². The molecule has 3 aromatic carbocycles. The van der Waals surface area contributed by atoms with E-state index in [1.807, 2.05) is 31.2 Å². The van der Waals surface area contributed by atoms with Crippen LogP contribution in [0.1, 0.15) is 34.3 Å². The fourth-order valence-corrected chi connectivity index (χ4v) is 4.41. The second kappa shape index (κ2) is 10.2. The Hall–Kier alpha value is -2.82. The molecule has 1 atom stereocenters. The number of nitrogens with zero attached hydrogens (tertiary/aromatic N) is 1. The maximum absolute atomic E-state index is 12.7. The van der Waals surface area contributed by atoms with Gasteiger partial charge in [0.2, 0.25) is 0 Å². The third kappa shape index (κ3) is 5.50. The Morgan fingerprint density at radius 3 is 2.72 bits per heavy atom. The number of nitrogens with one attached hydrogen (secondary N) is 1. The zero-order valence-corrected chi connectivity index (χ0v) is 19.4. The molecule has 1 aliphatic rings. The number of amides is 1. The highest BCUT2D eigenvalue weighted by molar-refractivity contribution is 6.31. The normalized spacial score (nSPS) is 16.5. The van der Waals surface area contributed by atoms with Crippen molar-refractivity contribution in [2.75, 3.05) is 20.2 Å². The van der Waals surface area contributed by atoms with Crippen LogP contribution in [0, 0.1) is 6.92 Å². The number of hydrogen-bond acceptors (Lipinski definition) is 3. The summed E-state index contributed by atoms with van der Waals surface area (Å²) in [6.07, 6.45) is 2.06. The van der Waals surface area contributed by atoms with Gasteiger partial charge >= 0.3 is 0 Å². The summed E-state index contributed by atoms with van der Waals surface area (Å²) >= 11 is 6.33. The van der Waals surface area contributed by atoms with Crippen LogP contribution in [-0.4, -0.2) is 37.0 Å². The van der Waals surface area contributed by atoms with Gasteiger partial charge in [0.05, 0.1) is 7.11 Å². The SMILES string of the molecule is COc1cccc(C(=O)NC2CCCN(Cc3cccc(-c4ccc(C)c(Cl)c4)c3)C2)c1. The van der Waals surface area contributed by atoms with E-state index in [1.165, 1.54) is 11.1 Å². The van der Waals surface area contributed by atoms with E-state index < -0.39 is 0 Å². The zero-order chi connectivity index (χ0) is 22.5. The molecule has 0 radical (unpaired) electrons. The number of hydrogen-bond donors (Lipinski definition) is 1. The Bertz CT molecular complexity index is 1100. The molecular weight excluding hydrogens is 420 g/mol. The van der Waals surface area contributed by atoms with Crippen molar-refractivity contribution in [2.45, 2.75) is 32.4 Å². The number of halogens is 1. The number of likely N-dealkylation sites (tertiary alicyclic amines) is 1. The Labute approximate surface area is 195 Å². The highest BCUT2D eigenvalue weighted by Gasteiger charge is 2.22. The number of aryl methyl sites for hydroxylation is 1. The van der Waals surface area contributed by atoms with E-state index in [4.69, 9.17) is 16.3 Å². The van der Waals surface area contributed by atoms with Crippen LogP contribution in [0.25, 0.3) is 11.1 Å². The van der Waals surface area contributed by atoms with Crippen molar-refractivity contribution in [2.24, 2.45) is 0 Å². The van der Waals surface area contributed by atoms with Gasteiger partial charge in [0.1, 0.15) is 5.75 Å². The zero-order valence-electron chi connectivity index (χ0n) is 18.6. The molecule has 0 aromatic heterocycles. The first-order valence-corrected chi connectivity index (χ1v) is 11.4. The smallest absolute Gasteiger partial charge is 0.251 e. The lowest BCUT2D eigenvalue weighted by atomic mass is 10.0. The third-order valence-corrected chi connectivity index (χ3v) is 6.42. The average molecular weight is 449 g/mol. The molecule has 1 N–H and O–H groups in total. The van der Waals surface area contributed by atoms with Gasteiger partial charge in [-0.05, 0) is 78.9 Å². The second-order valence-electron chi connectivity index (χ2n) is 8.44. The van der Waals surface area contributed by atoms with Crippen LogP contribution in [-0.2, 0) is 6.54 Å². The number of piperidine rings is 1. The van der Waals surface area contributed by atoms with Crippen molar-refractivity contribution in [1.29, 1.82) is 0 Å². The van der Waals surface area contributed by atoms with Crippen molar-refractivity contribution in [3.8, 4) is 16.9 Å². The highest BCUT2D eigenvalue weighted by Crippen LogP contribution is 2.26. The number of carbonyl (C=O) groups is 1. The van der Waals surface area contributed by atoms with E-state index >= 15 is 0 Å². The molecule has 1 amide bonds. The maximum Gasteiger partial charge on any atom is 0.251 e. The topological polar surface area (TPSA) is 41.6 Å². The molecule has 1 unspecified atom stereocenters. The van der Waals surface area contributed by atoms with Crippen molar-refractivity contribution < 1.29 is 9.53 Å². The molecule has 4 rings (SSSR count). The van der Waals surface area contributed by atoms with Gasteiger partial charge in [-0.3, -0.25) is 9.69 Å². The number of benzene rings is 3. The lowest BCUT2D eigenvalue weighted by molar-refractivity contribution is 0.0900. The number of rotatable bonds is 6. The van der Waals surface area contributed by atoms with Crippen LogP contribution in [0.4, 0.5) is 0 Å². The van der Waals surface area contributed by atoms with Crippen LogP contribution in [0.5, 0.6) is 5.75 Å². The molecule has 0 aliphatic carbocycles. The van der Waals surface area contributed by atoms with Crippen LogP contribution < -0.4 is 10.1 Å². The molecule has 0 saturated carbocycles. The van der Waals surface area contributed by atoms with Gasteiger partial charge in [0.15, 0.2) is 0 Å². The summed E-state index contributed by atoms with van der Waals surface area (Å²) in [6.45, 7) is 4.75. The molecule has 1 aliphatic heterocycles. The van der Waals surface area contributed by atoms with Gasteiger partial charge in [-0.25, -0.2) is 0 Å². The Kier molecular flexibility index (Phi) is 7.13. The summed E-state index contributed by atoms with van der Waals surface area (Å²) in [5.41, 5.74) is 5.28. The van der Waals surface area contributed by atoms with Gasteiger partial charge < -0.3 is 10.1 Å². The molecule has 4 nitrogen and oxygen atoms in total. The Morgan fingerprint density at radius 1 is 1.09 bits per heavy atom. The van der Waals surface area contributed by atoms with Crippen LogP contribution in [0.3, 0.4) is 0 Å². The molecular formula is C27H29ClN2O2. The van der Waals surface area contributed by atoms with Crippen LogP contribution in [0.2, 0.25) is 5.02 Å². The summed E-state index contributed by atoms with van der Waals surface area (Å²) in [5.74, 6) is 0.645. The van der Waals surface area contributed by atoms with Gasteiger partial charge in [-0.15, -0.1) is 0 Å². The predicted octanol–water partition coefficient (Wildman–Crippen LogP) is 5.72. The maximum atomic E-state index is 12.7. The molecule has 1 heterocycles. The minimum Gasteiger partial charge on any atom is -0.497 e. The highest BCUT2D eigenvalue weighted by atomic mass is 35.5. The first kappa shape index (κ1) is 22.4. The fourth-order valence-electron chi connectivity index (χ4n) is 4.23. The lowest BCUT2D eigenvalue weighted by Gasteiger charge is -2.33. The molecule has 1 saturated heterocycles. The van der Waals surface area contributed by atoms with Crippen molar-refractivity contribution >= 4 is 17.5 Å². The summed E-state index contributed by atoms with van der Waals surface area (Å²) < 4.78 is 5.24. The van der Waals surface area contributed by atoms with E-state index in [0.717, 1.165) is 48.6 Å². The molecule has 3 aromatic rings. The van der Waals surface area contributed by atoms with Gasteiger partial charge in [0, 0.05) is 29.7 Å². The minimum absolute atomic E-state index is 0.0472. The Morgan fingerprint density at radius 2 is 1.91 bits per heavy atom. The van der Waals surface area contributed by atoms with E-state index in [2.05, 4.69) is 46.6 Å². The number of methoxy groups -OCH3 is 1. The van der Waals surface area contributed by atoms with Crippen molar-refractivity contribution in [3.05, 3.63) is 88.4 Å². The number of carbonyl (C=O) groups excluding carboxylic acids is 1. The van der Waals surface area contributed by atoms with Crippen LogP contribution >= 0.6 is 11.6 Å². The molecule has 32 heavy (non-hydrogen) atoms. The van der Waals surface area contributed by atoms with E-state index in [0.29, 0.717) is 11.3 Å². The monoisotopic (exact) mass is 448 g/mol. The van der Waals surface area contributed by atoms with Gasteiger partial charge in [0.25, 0.3) is 5.91 Å². The standard InChI is InChI=1S/C27H29ClN2O2/c1-19-11-12-22(16-26(19)28)21-7-3-6-20(14-21)17-30-13-5-9-24(18-30)29-27(31)23-8-4-10-25(15-23)32-2/h3-4,6-8,10-12,14-16,24H,5,9,13,17-18H2,1-2H3,(H,29,31). The molecule has 166 valence electrons. The summed E-state index contributed by atoms with van der Waals surface area (Å²) in [6, 6.07) is 22.3. The van der Waals surface area contributed by atoms with E-state index in [-0.39, 0.29) is 11.9 Å². The summed E-state index contributed by atoms with van der Waals surface area (Å²) in [7, 11) is 1.61. The summed E-state index contributed by atoms with van der Waals surface area (Å²) in [4.78, 5) is 15.1. The Balaban J connectivity index is 1.39. The molecule has 1 fully saturated rings. The molecule has 5 heteroatoms. The van der Waals surface area contributed by atoms with Crippen molar-refractivity contribution in [1.82, 2.24) is 10.2 Å². The van der Waals surface area contributed by atoms with E-state index in [9.17, 15) is 4.79 Å². The minimum atomic E-state index is -0.0472. The van der Waals surface area contributed by atoms with Crippen molar-refractivity contribution in [3.63, 3.8) is 0 Å². The lowest BCUT2D eigenvalue weighted by Crippen LogP contribution is -2.47. The largest absolute Gasteiger partial charge is 0.497 e. The third-order valence-electron chi connectivity index (χ3n) is 6.01. The summed E-state index contributed by atoms with van der Waals surface area (Å²) in [5, 5.41) is 3.99. The quantitative estimate of drug-likeness (QED) is 0.524. The molecule has 0 bridgehead atoms. The van der Waals surface area contributed by atoms with Gasteiger partial charge in [-0.1, -0.05) is 48.0 Å². The second-order valence-corrected chi connectivity index (χ2v) is 8.85. The number of ether oxygens (including phenoxy) is 1.